The van der Waals surface area contributed by atoms with Gasteiger partial charge in [0.15, 0.2) is 0 Å². The zero-order valence-electron chi connectivity index (χ0n) is 16.7. The summed E-state index contributed by atoms with van der Waals surface area (Å²) < 4.78 is 26.4. The lowest BCUT2D eigenvalue weighted by Crippen LogP contribution is -2.20. The number of carbonyl (C=O) groups excluding carboxylic acids is 2. The van der Waals surface area contributed by atoms with Crippen LogP contribution in [0.25, 0.3) is 0 Å². The van der Waals surface area contributed by atoms with Crippen LogP contribution in [0.2, 0.25) is 0 Å². The molecular weight excluding hydrogens is 400 g/mol. The Labute approximate surface area is 182 Å². The Morgan fingerprint density at radius 1 is 0.903 bits per heavy atom. The van der Waals surface area contributed by atoms with E-state index in [9.17, 15) is 9.59 Å². The zero-order valence-corrected chi connectivity index (χ0v) is 16.7. The number of hydrogen-bond acceptors (Lipinski definition) is 7. The number of carbonyl (C=O) groups is 2. The highest BCUT2D eigenvalue weighted by Crippen LogP contribution is 2.20. The van der Waals surface area contributed by atoms with Gasteiger partial charge < -0.3 is 23.7 Å². The van der Waals surface area contributed by atoms with Crippen molar-refractivity contribution < 1.29 is 33.3 Å². The van der Waals surface area contributed by atoms with Crippen LogP contribution in [0.5, 0.6) is 17.2 Å². The summed E-state index contributed by atoms with van der Waals surface area (Å²) in [6.45, 7) is 9.46. The smallest absolute Gasteiger partial charge is 0.343 e. The molecule has 0 spiro atoms. The molecule has 0 bridgehead atoms. The van der Waals surface area contributed by atoms with Crippen molar-refractivity contribution in [1.29, 1.82) is 0 Å². The van der Waals surface area contributed by atoms with Crippen LogP contribution in [0.3, 0.4) is 0 Å². The van der Waals surface area contributed by atoms with Crippen LogP contribution in [0.1, 0.15) is 24.7 Å². The predicted molar refractivity (Wildman–Crippen MR) is 117 cm³/mol. The third-order valence-electron chi connectivity index (χ3n) is 3.68. The van der Waals surface area contributed by atoms with Crippen molar-refractivity contribution in [3.63, 3.8) is 0 Å². The third kappa shape index (κ3) is 9.08. The monoisotopic (exact) mass is 428 g/mol. The normalized spacial score (nSPS) is 10.6. The van der Waals surface area contributed by atoms with Gasteiger partial charge in [-0.15, -0.1) is 0 Å². The zero-order chi connectivity index (χ0) is 21.8. The number of ether oxygens (including phenoxy) is 5. The van der Waals surface area contributed by atoms with Crippen LogP contribution in [-0.2, 0) is 14.3 Å². The van der Waals surface area contributed by atoms with Crippen molar-refractivity contribution >= 4 is 11.9 Å². The first-order valence-corrected chi connectivity index (χ1v) is 9.25. The largest absolute Gasteiger partial charge is 0.498 e. The first-order chi connectivity index (χ1) is 14.5. The van der Waals surface area contributed by atoms with Gasteiger partial charge in [0.05, 0.1) is 11.8 Å². The molecule has 0 saturated carbocycles. The second kappa shape index (κ2) is 13.5. The summed E-state index contributed by atoms with van der Waals surface area (Å²) in [5.74, 6) is 0.553. The van der Waals surface area contributed by atoms with E-state index in [-0.39, 0.29) is 14.0 Å². The maximum absolute atomic E-state index is 12.3. The van der Waals surface area contributed by atoms with Gasteiger partial charge in [0.1, 0.15) is 43.2 Å². The lowest BCUT2D eigenvalue weighted by molar-refractivity contribution is -0.143. The minimum Gasteiger partial charge on any atom is -0.498 e. The van der Waals surface area contributed by atoms with E-state index < -0.39 is 18.0 Å². The molecule has 0 fully saturated rings. The van der Waals surface area contributed by atoms with Crippen LogP contribution in [0.4, 0.5) is 0 Å². The SMILES string of the molecule is C.C=COCCOc1ccc(C(=O)Oc2ccc(OC[C@H](C)OC(=O)C=C)cc2)cc1. The van der Waals surface area contributed by atoms with E-state index in [2.05, 4.69) is 13.2 Å². The molecule has 0 aliphatic heterocycles. The number of esters is 2. The molecule has 0 aliphatic carbocycles. The number of hydrogen-bond donors (Lipinski definition) is 0. The predicted octanol–water partition coefficient (Wildman–Crippen LogP) is 4.58. The van der Waals surface area contributed by atoms with Gasteiger partial charge in [-0.1, -0.05) is 20.6 Å². The third-order valence-corrected chi connectivity index (χ3v) is 3.68. The Kier molecular flexibility index (Phi) is 11.0. The van der Waals surface area contributed by atoms with Crippen LogP contribution >= 0.6 is 0 Å². The van der Waals surface area contributed by atoms with Gasteiger partial charge in [0.25, 0.3) is 0 Å². The number of rotatable bonds is 12. The van der Waals surface area contributed by atoms with Crippen LogP contribution < -0.4 is 14.2 Å². The van der Waals surface area contributed by atoms with Gasteiger partial charge >= 0.3 is 11.9 Å². The molecule has 31 heavy (non-hydrogen) atoms. The fourth-order valence-electron chi connectivity index (χ4n) is 2.24. The molecule has 0 saturated heterocycles. The molecule has 0 radical (unpaired) electrons. The summed E-state index contributed by atoms with van der Waals surface area (Å²) in [5.41, 5.74) is 0.392. The minimum absolute atomic E-state index is 0. The molecule has 2 aromatic carbocycles. The summed E-state index contributed by atoms with van der Waals surface area (Å²) in [6, 6.07) is 13.2. The molecule has 166 valence electrons. The highest BCUT2D eigenvalue weighted by molar-refractivity contribution is 5.91. The summed E-state index contributed by atoms with van der Waals surface area (Å²) in [5, 5.41) is 0. The second-order valence-corrected chi connectivity index (χ2v) is 6.03. The second-order valence-electron chi connectivity index (χ2n) is 6.03. The Balaban J connectivity index is 0.00000480. The molecule has 0 unspecified atom stereocenters. The molecule has 0 N–H and O–H groups in total. The van der Waals surface area contributed by atoms with Gasteiger partial charge in [0.2, 0.25) is 0 Å². The molecule has 0 aromatic heterocycles. The van der Waals surface area contributed by atoms with E-state index in [1.165, 1.54) is 6.26 Å². The fraction of sp³-hybridized carbons (Fsp3) is 0.250. The summed E-state index contributed by atoms with van der Waals surface area (Å²) in [6.07, 6.45) is 2.02. The number of benzene rings is 2. The Morgan fingerprint density at radius 2 is 1.48 bits per heavy atom. The molecule has 7 heteroatoms. The van der Waals surface area contributed by atoms with E-state index in [1.807, 2.05) is 0 Å². The summed E-state index contributed by atoms with van der Waals surface area (Å²) >= 11 is 0. The molecule has 0 aliphatic rings. The molecule has 7 nitrogen and oxygen atoms in total. The van der Waals surface area contributed by atoms with Crippen molar-refractivity contribution in [2.24, 2.45) is 0 Å². The Bertz CT molecular complexity index is 841. The first kappa shape index (κ1) is 25.3. The highest BCUT2D eigenvalue weighted by Gasteiger charge is 2.10. The van der Waals surface area contributed by atoms with E-state index >= 15 is 0 Å². The average molecular weight is 428 g/mol. The Hall–Kier alpha value is -3.74. The van der Waals surface area contributed by atoms with Crippen LogP contribution in [0.15, 0.2) is 74.0 Å². The van der Waals surface area contributed by atoms with Gasteiger partial charge in [0, 0.05) is 6.08 Å². The minimum atomic E-state index is -0.505. The van der Waals surface area contributed by atoms with Gasteiger partial charge in [-0.3, -0.25) is 0 Å². The molecule has 0 heterocycles. The summed E-state index contributed by atoms with van der Waals surface area (Å²) in [7, 11) is 0. The van der Waals surface area contributed by atoms with Gasteiger partial charge in [-0.05, 0) is 55.5 Å². The lowest BCUT2D eigenvalue weighted by Gasteiger charge is -2.13. The lowest BCUT2D eigenvalue weighted by atomic mass is 10.2. The van der Waals surface area contributed by atoms with E-state index in [0.29, 0.717) is 36.0 Å². The average Bonchev–Trinajstić information content (AvgIpc) is 2.76. The molecule has 1 atom stereocenters. The van der Waals surface area contributed by atoms with Crippen LogP contribution in [0, 0.1) is 0 Å². The van der Waals surface area contributed by atoms with E-state index in [0.717, 1.165) is 6.08 Å². The molecule has 2 rings (SSSR count). The quantitative estimate of drug-likeness (QED) is 0.161. The molecule has 2 aromatic rings. The van der Waals surface area contributed by atoms with Crippen molar-refractivity contribution in [3.8, 4) is 17.2 Å². The fourth-order valence-corrected chi connectivity index (χ4v) is 2.24. The van der Waals surface area contributed by atoms with Crippen molar-refractivity contribution in [1.82, 2.24) is 0 Å². The Morgan fingerprint density at radius 3 is 2.10 bits per heavy atom. The van der Waals surface area contributed by atoms with E-state index in [4.69, 9.17) is 23.7 Å². The van der Waals surface area contributed by atoms with E-state index in [1.54, 1.807) is 55.5 Å². The van der Waals surface area contributed by atoms with Gasteiger partial charge in [-0.2, -0.15) is 0 Å². The van der Waals surface area contributed by atoms with Crippen molar-refractivity contribution in [2.45, 2.75) is 20.5 Å². The van der Waals surface area contributed by atoms with Gasteiger partial charge in [-0.25, -0.2) is 9.59 Å². The summed E-state index contributed by atoms with van der Waals surface area (Å²) in [4.78, 5) is 23.4. The molecule has 0 amide bonds. The first-order valence-electron chi connectivity index (χ1n) is 9.25. The van der Waals surface area contributed by atoms with Crippen molar-refractivity contribution in [2.75, 3.05) is 19.8 Å². The van der Waals surface area contributed by atoms with Crippen LogP contribution in [-0.4, -0.2) is 37.9 Å². The maximum atomic E-state index is 12.3. The topological polar surface area (TPSA) is 80.3 Å². The standard InChI is InChI=1S/C23H24O7.CH4/c1-4-22(24)29-17(3)16-28-20-10-12-21(13-11-20)30-23(25)18-6-8-19(9-7-18)27-15-14-26-5-2;/h4-13,17H,1-2,14-16H2,3H3;1H4/t17-;/m0./s1. The molecular formula is C24H28O7. The van der Waals surface area contributed by atoms with Crippen molar-refractivity contribution in [3.05, 3.63) is 79.6 Å². The maximum Gasteiger partial charge on any atom is 0.343 e. The highest BCUT2D eigenvalue weighted by atomic mass is 16.6.